The van der Waals surface area contributed by atoms with Gasteiger partial charge in [-0.25, -0.2) is 0 Å². The predicted molar refractivity (Wildman–Crippen MR) is 64.6 cm³/mol. The maximum atomic E-state index is 6.22. The van der Waals surface area contributed by atoms with Gasteiger partial charge in [0.05, 0.1) is 18.8 Å². The summed E-state index contributed by atoms with van der Waals surface area (Å²) < 4.78 is 11.7. The van der Waals surface area contributed by atoms with Gasteiger partial charge >= 0.3 is 0 Å². The van der Waals surface area contributed by atoms with Crippen LogP contribution in [0.4, 0.5) is 0 Å². The first kappa shape index (κ1) is 12.3. The summed E-state index contributed by atoms with van der Waals surface area (Å²) in [6, 6.07) is 0.478. The molecule has 0 aromatic heterocycles. The second-order valence-corrected chi connectivity index (χ2v) is 5.33. The fourth-order valence-corrected chi connectivity index (χ4v) is 2.93. The summed E-state index contributed by atoms with van der Waals surface area (Å²) in [5.74, 6) is 0.830. The molecule has 0 spiro atoms. The van der Waals surface area contributed by atoms with Crippen molar-refractivity contribution in [1.82, 2.24) is 5.32 Å². The van der Waals surface area contributed by atoms with Crippen molar-refractivity contribution in [3.63, 3.8) is 0 Å². The Kier molecular flexibility index (Phi) is 4.62. The number of hydrogen-bond acceptors (Lipinski definition) is 3. The van der Waals surface area contributed by atoms with E-state index in [1.165, 1.54) is 25.7 Å². The second kappa shape index (κ2) is 5.99. The fraction of sp³-hybridized carbons (Fsp3) is 1.00. The highest BCUT2D eigenvalue weighted by Crippen LogP contribution is 2.27. The van der Waals surface area contributed by atoms with Gasteiger partial charge in [0.25, 0.3) is 0 Å². The molecule has 4 unspecified atom stereocenters. The van der Waals surface area contributed by atoms with E-state index < -0.39 is 0 Å². The maximum absolute atomic E-state index is 6.22. The normalized spacial score (nSPS) is 40.9. The smallest absolute Gasteiger partial charge is 0.0965 e. The summed E-state index contributed by atoms with van der Waals surface area (Å²) in [4.78, 5) is 0. The molecule has 0 aromatic rings. The van der Waals surface area contributed by atoms with Crippen molar-refractivity contribution in [1.29, 1.82) is 0 Å². The third kappa shape index (κ3) is 3.19. The zero-order valence-electron chi connectivity index (χ0n) is 10.6. The van der Waals surface area contributed by atoms with Gasteiger partial charge in [-0.2, -0.15) is 0 Å². The van der Waals surface area contributed by atoms with E-state index in [0.717, 1.165) is 25.6 Å². The lowest BCUT2D eigenvalue weighted by atomic mass is 9.88. The van der Waals surface area contributed by atoms with Gasteiger partial charge in [-0.3, -0.25) is 0 Å². The van der Waals surface area contributed by atoms with Crippen molar-refractivity contribution in [2.45, 2.75) is 57.3 Å². The molecule has 3 nitrogen and oxygen atoms in total. The van der Waals surface area contributed by atoms with E-state index in [1.807, 2.05) is 7.05 Å². The van der Waals surface area contributed by atoms with Crippen LogP contribution in [0.2, 0.25) is 0 Å². The monoisotopic (exact) mass is 227 g/mol. The zero-order valence-corrected chi connectivity index (χ0v) is 10.6. The largest absolute Gasteiger partial charge is 0.379 e. The van der Waals surface area contributed by atoms with Crippen LogP contribution in [0.15, 0.2) is 0 Å². The number of ether oxygens (including phenoxy) is 2. The Bertz CT molecular complexity index is 210. The van der Waals surface area contributed by atoms with Crippen molar-refractivity contribution in [3.05, 3.63) is 0 Å². The maximum Gasteiger partial charge on any atom is 0.0965 e. The molecule has 1 N–H and O–H groups in total. The summed E-state index contributed by atoms with van der Waals surface area (Å²) in [6.45, 7) is 3.96. The highest BCUT2D eigenvalue weighted by Gasteiger charge is 2.29. The fourth-order valence-electron chi connectivity index (χ4n) is 2.93. The summed E-state index contributed by atoms with van der Waals surface area (Å²) in [6.07, 6.45) is 6.95. The lowest BCUT2D eigenvalue weighted by Gasteiger charge is -2.36. The molecular weight excluding hydrogens is 202 g/mol. The molecule has 1 aliphatic heterocycles. The minimum atomic E-state index is 0.258. The van der Waals surface area contributed by atoms with Gasteiger partial charge < -0.3 is 14.8 Å². The molecule has 0 radical (unpaired) electrons. The molecule has 16 heavy (non-hydrogen) atoms. The third-order valence-corrected chi connectivity index (χ3v) is 3.93. The minimum absolute atomic E-state index is 0.258. The predicted octanol–water partition coefficient (Wildman–Crippen LogP) is 1.96. The van der Waals surface area contributed by atoms with E-state index >= 15 is 0 Å². The quantitative estimate of drug-likeness (QED) is 0.799. The van der Waals surface area contributed by atoms with Crippen molar-refractivity contribution in [2.75, 3.05) is 20.3 Å². The molecule has 1 saturated carbocycles. The standard InChI is InChI=1S/C13H25NO2/c1-10-4-3-5-11(8-10)16-13-9-15-7-6-12(13)14-2/h10-14H,3-9H2,1-2H3. The van der Waals surface area contributed by atoms with Crippen molar-refractivity contribution >= 4 is 0 Å². The molecular formula is C13H25NO2. The van der Waals surface area contributed by atoms with Gasteiger partial charge in [-0.05, 0) is 32.2 Å². The van der Waals surface area contributed by atoms with E-state index in [9.17, 15) is 0 Å². The minimum Gasteiger partial charge on any atom is -0.379 e. The Labute approximate surface area is 98.9 Å². The van der Waals surface area contributed by atoms with E-state index in [2.05, 4.69) is 12.2 Å². The van der Waals surface area contributed by atoms with Gasteiger partial charge in [0.15, 0.2) is 0 Å². The van der Waals surface area contributed by atoms with Crippen LogP contribution in [0.3, 0.4) is 0 Å². The lowest BCUT2D eigenvalue weighted by Crippen LogP contribution is -2.48. The Morgan fingerprint density at radius 3 is 2.88 bits per heavy atom. The van der Waals surface area contributed by atoms with Crippen LogP contribution in [-0.2, 0) is 9.47 Å². The zero-order chi connectivity index (χ0) is 11.4. The molecule has 2 fully saturated rings. The Morgan fingerprint density at radius 2 is 2.12 bits per heavy atom. The van der Waals surface area contributed by atoms with Crippen LogP contribution in [0.1, 0.15) is 39.0 Å². The van der Waals surface area contributed by atoms with E-state index in [4.69, 9.17) is 9.47 Å². The summed E-state index contributed by atoms with van der Waals surface area (Å²) in [7, 11) is 2.02. The molecule has 1 saturated heterocycles. The van der Waals surface area contributed by atoms with Gasteiger partial charge in [-0.1, -0.05) is 19.8 Å². The van der Waals surface area contributed by atoms with Crippen LogP contribution in [0, 0.1) is 5.92 Å². The van der Waals surface area contributed by atoms with Gasteiger partial charge in [0.1, 0.15) is 0 Å². The molecule has 0 aromatic carbocycles. The molecule has 1 aliphatic carbocycles. The Balaban J connectivity index is 1.82. The molecule has 4 atom stereocenters. The van der Waals surface area contributed by atoms with Crippen LogP contribution in [0.5, 0.6) is 0 Å². The van der Waals surface area contributed by atoms with Crippen molar-refractivity contribution < 1.29 is 9.47 Å². The third-order valence-electron chi connectivity index (χ3n) is 3.93. The first-order valence-electron chi connectivity index (χ1n) is 6.70. The van der Waals surface area contributed by atoms with E-state index in [0.29, 0.717) is 12.1 Å². The van der Waals surface area contributed by atoms with Gasteiger partial charge in [0, 0.05) is 12.6 Å². The van der Waals surface area contributed by atoms with E-state index in [1.54, 1.807) is 0 Å². The van der Waals surface area contributed by atoms with E-state index in [-0.39, 0.29) is 6.10 Å². The topological polar surface area (TPSA) is 30.5 Å². The molecule has 1 heterocycles. The first-order chi connectivity index (χ1) is 7.79. The number of hydrogen-bond donors (Lipinski definition) is 1. The average molecular weight is 227 g/mol. The second-order valence-electron chi connectivity index (χ2n) is 5.33. The molecule has 0 amide bonds. The Hall–Kier alpha value is -0.120. The lowest BCUT2D eigenvalue weighted by molar-refractivity contribution is -0.111. The SMILES string of the molecule is CNC1CCOCC1OC1CCCC(C)C1. The summed E-state index contributed by atoms with van der Waals surface area (Å²) in [5.41, 5.74) is 0. The first-order valence-corrected chi connectivity index (χ1v) is 6.70. The van der Waals surface area contributed by atoms with Crippen LogP contribution in [-0.4, -0.2) is 38.5 Å². The van der Waals surface area contributed by atoms with Gasteiger partial charge in [-0.15, -0.1) is 0 Å². The Morgan fingerprint density at radius 1 is 1.25 bits per heavy atom. The van der Waals surface area contributed by atoms with Crippen LogP contribution >= 0.6 is 0 Å². The van der Waals surface area contributed by atoms with Crippen molar-refractivity contribution in [2.24, 2.45) is 5.92 Å². The molecule has 2 aliphatic rings. The molecule has 94 valence electrons. The summed E-state index contributed by atoms with van der Waals surface area (Å²) >= 11 is 0. The number of likely N-dealkylation sites (N-methyl/N-ethyl adjacent to an activating group) is 1. The molecule has 3 heteroatoms. The number of rotatable bonds is 3. The highest BCUT2D eigenvalue weighted by atomic mass is 16.5. The molecule has 2 rings (SSSR count). The van der Waals surface area contributed by atoms with Crippen LogP contribution < -0.4 is 5.32 Å². The van der Waals surface area contributed by atoms with Crippen LogP contribution in [0.25, 0.3) is 0 Å². The van der Waals surface area contributed by atoms with Gasteiger partial charge in [0.2, 0.25) is 0 Å². The highest BCUT2D eigenvalue weighted by molar-refractivity contribution is 4.81. The number of nitrogens with one attached hydrogen (secondary N) is 1. The van der Waals surface area contributed by atoms with Crippen molar-refractivity contribution in [3.8, 4) is 0 Å². The molecule has 0 bridgehead atoms. The average Bonchev–Trinajstić information content (AvgIpc) is 2.30. The summed E-state index contributed by atoms with van der Waals surface area (Å²) in [5, 5.41) is 3.35.